The first kappa shape index (κ1) is 16.7. The van der Waals surface area contributed by atoms with E-state index in [-0.39, 0.29) is 17.2 Å². The van der Waals surface area contributed by atoms with Gasteiger partial charge in [0.25, 0.3) is 11.5 Å². The Hall–Kier alpha value is -2.13. The fourth-order valence-electron chi connectivity index (χ4n) is 2.64. The minimum Gasteiger partial charge on any atom is -0.365 e. The Morgan fingerprint density at radius 2 is 2.17 bits per heavy atom. The van der Waals surface area contributed by atoms with Crippen molar-refractivity contribution in [1.29, 1.82) is 0 Å². The molecule has 0 aromatic carbocycles. The highest BCUT2D eigenvalue weighted by atomic mass is 32.2. The van der Waals surface area contributed by atoms with Crippen LogP contribution >= 0.6 is 23.1 Å². The van der Waals surface area contributed by atoms with Crippen LogP contribution in [0.15, 0.2) is 22.2 Å². The number of H-pyrrole nitrogens is 1. The topological polar surface area (TPSA) is 118 Å². The number of hydrogen-bond acceptors (Lipinski definition) is 6. The fourth-order valence-corrected chi connectivity index (χ4v) is 4.60. The third kappa shape index (κ3) is 3.68. The van der Waals surface area contributed by atoms with Crippen molar-refractivity contribution in [3.8, 4) is 0 Å². The molecule has 2 aromatic rings. The van der Waals surface area contributed by atoms with Gasteiger partial charge < -0.3 is 16.0 Å². The van der Waals surface area contributed by atoms with Crippen molar-refractivity contribution < 1.29 is 9.59 Å². The summed E-state index contributed by atoms with van der Waals surface area (Å²) in [4.78, 5) is 42.8. The van der Waals surface area contributed by atoms with Crippen LogP contribution in [0.1, 0.15) is 33.6 Å². The lowest BCUT2D eigenvalue weighted by Gasteiger charge is -2.11. The Morgan fingerprint density at radius 3 is 2.92 bits per heavy atom. The number of rotatable bonds is 5. The van der Waals surface area contributed by atoms with Crippen molar-refractivity contribution in [2.45, 2.75) is 30.8 Å². The van der Waals surface area contributed by atoms with Crippen molar-refractivity contribution in [1.82, 2.24) is 9.97 Å². The summed E-state index contributed by atoms with van der Waals surface area (Å²) in [6.45, 7) is 0. The number of carbonyl (C=O) groups is 2. The normalized spacial score (nSPS) is 13.3. The number of carbonyl (C=O) groups excluding carboxylic acids is 2. The van der Waals surface area contributed by atoms with Crippen molar-refractivity contribution >= 4 is 39.9 Å². The van der Waals surface area contributed by atoms with Crippen LogP contribution in [0.5, 0.6) is 0 Å². The molecule has 0 saturated carbocycles. The predicted molar refractivity (Wildman–Crippen MR) is 93.7 cm³/mol. The lowest BCUT2D eigenvalue weighted by molar-refractivity contribution is -0.113. The molecule has 126 valence electrons. The van der Waals surface area contributed by atoms with Crippen LogP contribution in [-0.4, -0.2) is 27.5 Å². The molecule has 2 heterocycles. The molecule has 0 unspecified atom stereocenters. The van der Waals surface area contributed by atoms with E-state index < -0.39 is 5.91 Å². The van der Waals surface area contributed by atoms with Gasteiger partial charge >= 0.3 is 0 Å². The van der Waals surface area contributed by atoms with E-state index >= 15 is 0 Å². The van der Waals surface area contributed by atoms with Gasteiger partial charge in [-0.25, -0.2) is 4.98 Å². The molecule has 1 aliphatic rings. The number of hydrogen-bond donors (Lipinski definition) is 3. The molecular weight excluding hydrogens is 348 g/mol. The molecule has 7 nitrogen and oxygen atoms in total. The van der Waals surface area contributed by atoms with Gasteiger partial charge in [-0.05, 0) is 31.2 Å². The average molecular weight is 364 g/mol. The summed E-state index contributed by atoms with van der Waals surface area (Å²) in [6, 6.07) is 1.30. The Labute approximate surface area is 146 Å². The number of aromatic nitrogens is 2. The molecule has 1 aliphatic carbocycles. The maximum absolute atomic E-state index is 12.2. The Kier molecular flexibility index (Phi) is 5.00. The van der Waals surface area contributed by atoms with Crippen LogP contribution in [0.3, 0.4) is 0 Å². The summed E-state index contributed by atoms with van der Waals surface area (Å²) in [7, 11) is 0. The third-order valence-corrected chi connectivity index (χ3v) is 5.75. The molecule has 3 rings (SSSR count). The summed E-state index contributed by atoms with van der Waals surface area (Å²) in [6.07, 6.45) is 5.24. The molecular formula is C15H16N4O3S2. The second-order valence-electron chi connectivity index (χ2n) is 5.36. The van der Waals surface area contributed by atoms with E-state index in [2.05, 4.69) is 15.3 Å². The molecule has 0 atom stereocenters. The summed E-state index contributed by atoms with van der Waals surface area (Å²) in [5.41, 5.74) is 6.66. The Balaban J connectivity index is 1.71. The number of anilines is 1. The first-order valence-electron chi connectivity index (χ1n) is 7.47. The van der Waals surface area contributed by atoms with Crippen molar-refractivity contribution in [2.75, 3.05) is 11.1 Å². The van der Waals surface area contributed by atoms with Crippen LogP contribution < -0.4 is 16.6 Å². The molecule has 2 aromatic heterocycles. The minimum atomic E-state index is -0.508. The third-order valence-electron chi connectivity index (χ3n) is 3.66. The highest BCUT2D eigenvalue weighted by Gasteiger charge is 2.24. The van der Waals surface area contributed by atoms with Crippen LogP contribution in [0.2, 0.25) is 0 Å². The maximum Gasteiger partial charge on any atom is 0.251 e. The van der Waals surface area contributed by atoms with Crippen LogP contribution in [-0.2, 0) is 17.6 Å². The molecule has 0 aliphatic heterocycles. The Morgan fingerprint density at radius 1 is 1.38 bits per heavy atom. The van der Waals surface area contributed by atoms with E-state index in [0.29, 0.717) is 15.7 Å². The molecule has 0 bridgehead atoms. The molecule has 0 radical (unpaired) electrons. The minimum absolute atomic E-state index is 0.0771. The largest absolute Gasteiger partial charge is 0.365 e. The Bertz CT molecular complexity index is 843. The van der Waals surface area contributed by atoms with Crippen LogP contribution in [0.4, 0.5) is 5.00 Å². The number of aryl methyl sites for hydroxylation is 1. The molecule has 0 fully saturated rings. The van der Waals surface area contributed by atoms with Gasteiger partial charge in [0, 0.05) is 17.1 Å². The first-order valence-corrected chi connectivity index (χ1v) is 9.27. The number of amides is 2. The molecule has 2 amide bonds. The molecule has 0 spiro atoms. The number of nitrogens with two attached hydrogens (primary N) is 1. The van der Waals surface area contributed by atoms with Gasteiger partial charge in [0.15, 0.2) is 5.16 Å². The summed E-state index contributed by atoms with van der Waals surface area (Å²) in [5.74, 6) is -0.702. The lowest BCUT2D eigenvalue weighted by Crippen LogP contribution is -2.19. The van der Waals surface area contributed by atoms with Gasteiger partial charge in [-0.15, -0.1) is 11.3 Å². The van der Waals surface area contributed by atoms with E-state index in [9.17, 15) is 14.4 Å². The zero-order valence-electron chi connectivity index (χ0n) is 12.8. The quantitative estimate of drug-likeness (QED) is 0.549. The molecule has 24 heavy (non-hydrogen) atoms. The summed E-state index contributed by atoms with van der Waals surface area (Å²) in [5, 5.41) is 3.67. The van der Waals surface area contributed by atoms with Gasteiger partial charge in [-0.3, -0.25) is 14.4 Å². The molecule has 4 N–H and O–H groups in total. The fraction of sp³-hybridized carbons (Fsp3) is 0.333. The number of thioether (sulfide) groups is 1. The monoisotopic (exact) mass is 364 g/mol. The van der Waals surface area contributed by atoms with Gasteiger partial charge in [0.1, 0.15) is 5.00 Å². The second-order valence-corrected chi connectivity index (χ2v) is 7.42. The molecule has 0 saturated heterocycles. The smallest absolute Gasteiger partial charge is 0.251 e. The number of primary amides is 1. The van der Waals surface area contributed by atoms with Gasteiger partial charge in [0.05, 0.1) is 11.3 Å². The SMILES string of the molecule is NC(=O)c1c(NC(=O)CSc2nccc(=O)[nH]2)sc2c1CCCC2. The lowest BCUT2D eigenvalue weighted by atomic mass is 9.95. The van der Waals surface area contributed by atoms with Crippen molar-refractivity contribution in [3.05, 3.63) is 38.6 Å². The van der Waals surface area contributed by atoms with Crippen LogP contribution in [0, 0.1) is 0 Å². The highest BCUT2D eigenvalue weighted by Crippen LogP contribution is 2.37. The summed E-state index contributed by atoms with van der Waals surface area (Å²) < 4.78 is 0. The van der Waals surface area contributed by atoms with Crippen molar-refractivity contribution in [3.63, 3.8) is 0 Å². The van der Waals surface area contributed by atoms with Crippen LogP contribution in [0.25, 0.3) is 0 Å². The van der Waals surface area contributed by atoms with E-state index in [1.54, 1.807) is 0 Å². The van der Waals surface area contributed by atoms with Gasteiger partial charge in [0.2, 0.25) is 5.91 Å². The van der Waals surface area contributed by atoms with Gasteiger partial charge in [-0.1, -0.05) is 11.8 Å². The number of fused-ring (bicyclic) bond motifs is 1. The number of aromatic amines is 1. The van der Waals surface area contributed by atoms with E-state index in [4.69, 9.17) is 5.73 Å². The number of thiophene rings is 1. The maximum atomic E-state index is 12.2. The number of nitrogens with one attached hydrogen (secondary N) is 2. The van der Waals surface area contributed by atoms with E-state index in [1.165, 1.54) is 23.6 Å². The van der Waals surface area contributed by atoms with E-state index in [1.807, 2.05) is 0 Å². The van der Waals surface area contributed by atoms with E-state index in [0.717, 1.165) is 47.9 Å². The number of nitrogens with zero attached hydrogens (tertiary/aromatic N) is 1. The second kappa shape index (κ2) is 7.18. The van der Waals surface area contributed by atoms with Gasteiger partial charge in [-0.2, -0.15) is 0 Å². The first-order chi connectivity index (χ1) is 11.5. The summed E-state index contributed by atoms with van der Waals surface area (Å²) >= 11 is 2.55. The zero-order chi connectivity index (χ0) is 17.1. The molecule has 9 heteroatoms. The zero-order valence-corrected chi connectivity index (χ0v) is 14.4. The standard InChI is InChI=1S/C15H16N4O3S2/c16-13(22)12-8-3-1-2-4-9(8)24-14(12)18-11(21)7-23-15-17-6-5-10(20)19-15/h5-6H,1-4,7H2,(H2,16,22)(H,18,21)(H,17,19,20). The predicted octanol–water partition coefficient (Wildman–Crippen LogP) is 1.54. The highest BCUT2D eigenvalue weighted by molar-refractivity contribution is 7.99. The van der Waals surface area contributed by atoms with Crippen molar-refractivity contribution in [2.24, 2.45) is 5.73 Å². The average Bonchev–Trinajstić information content (AvgIpc) is 2.91.